The van der Waals surface area contributed by atoms with Crippen molar-refractivity contribution in [3.05, 3.63) is 102 Å². The lowest BCUT2D eigenvalue weighted by atomic mass is 9.74. The van der Waals surface area contributed by atoms with E-state index in [1.165, 1.54) is 0 Å². The first-order valence-electron chi connectivity index (χ1n) is 10.1. The highest BCUT2D eigenvalue weighted by Crippen LogP contribution is 2.35. The van der Waals surface area contributed by atoms with Gasteiger partial charge in [-0.15, -0.1) is 0 Å². The Labute approximate surface area is 173 Å². The zero-order chi connectivity index (χ0) is 20.1. The first-order chi connectivity index (χ1) is 14.2. The van der Waals surface area contributed by atoms with Gasteiger partial charge in [0.1, 0.15) is 0 Å². The standard InChI is InChI=1S/C26H25N3/c1-29-18-16-26(20-27,17-19-29)23-12-14-24(15-13-23)28-25(21-8-4-2-5-9-21)22-10-6-3-7-11-22/h2-15H,16-19H2,1H3. The van der Waals surface area contributed by atoms with Crippen LogP contribution in [0.1, 0.15) is 29.5 Å². The molecule has 0 bridgehead atoms. The SMILES string of the molecule is CN1CCC(C#N)(c2ccc(N=C(c3ccccc3)c3ccccc3)cc2)CC1. The van der Waals surface area contributed by atoms with Crippen molar-refractivity contribution in [3.63, 3.8) is 0 Å². The lowest BCUT2D eigenvalue weighted by Crippen LogP contribution is -2.39. The van der Waals surface area contributed by atoms with Crippen LogP contribution in [0.2, 0.25) is 0 Å². The van der Waals surface area contributed by atoms with E-state index in [9.17, 15) is 5.26 Å². The van der Waals surface area contributed by atoms with Gasteiger partial charge in [-0.1, -0.05) is 72.8 Å². The highest BCUT2D eigenvalue weighted by molar-refractivity contribution is 6.13. The lowest BCUT2D eigenvalue weighted by molar-refractivity contribution is 0.222. The van der Waals surface area contributed by atoms with Crippen LogP contribution in [0.5, 0.6) is 0 Å². The van der Waals surface area contributed by atoms with Crippen LogP contribution >= 0.6 is 0 Å². The molecule has 4 rings (SSSR count). The van der Waals surface area contributed by atoms with Crippen LogP contribution in [0.15, 0.2) is 89.9 Å². The second kappa shape index (κ2) is 8.43. The first-order valence-corrected chi connectivity index (χ1v) is 10.1. The fourth-order valence-electron chi connectivity index (χ4n) is 3.94. The molecule has 29 heavy (non-hydrogen) atoms. The maximum atomic E-state index is 9.90. The quantitative estimate of drug-likeness (QED) is 0.574. The average Bonchev–Trinajstić information content (AvgIpc) is 2.80. The van der Waals surface area contributed by atoms with Crippen LogP contribution in [0.4, 0.5) is 5.69 Å². The van der Waals surface area contributed by atoms with E-state index in [-0.39, 0.29) is 5.41 Å². The molecule has 3 aromatic carbocycles. The van der Waals surface area contributed by atoms with Crippen molar-refractivity contribution >= 4 is 11.4 Å². The number of benzene rings is 3. The molecule has 3 heteroatoms. The topological polar surface area (TPSA) is 39.4 Å². The van der Waals surface area contributed by atoms with Crippen molar-refractivity contribution in [1.29, 1.82) is 5.26 Å². The monoisotopic (exact) mass is 379 g/mol. The Morgan fingerprint density at radius 1 is 0.828 bits per heavy atom. The van der Waals surface area contributed by atoms with Gasteiger partial charge in [-0.2, -0.15) is 5.26 Å². The maximum absolute atomic E-state index is 9.90. The molecular formula is C26H25N3. The fraction of sp³-hybridized carbons (Fsp3) is 0.231. The Balaban J connectivity index is 1.68. The van der Waals surface area contributed by atoms with Crippen LogP contribution < -0.4 is 0 Å². The molecule has 0 N–H and O–H groups in total. The minimum absolute atomic E-state index is 0.379. The molecule has 1 fully saturated rings. The van der Waals surface area contributed by atoms with Crippen LogP contribution in [0.3, 0.4) is 0 Å². The minimum Gasteiger partial charge on any atom is -0.306 e. The van der Waals surface area contributed by atoms with Crippen molar-refractivity contribution in [2.45, 2.75) is 18.3 Å². The number of likely N-dealkylation sites (tertiary alicyclic amines) is 1. The molecule has 1 saturated heterocycles. The number of hydrogen-bond donors (Lipinski definition) is 0. The van der Waals surface area contributed by atoms with Crippen LogP contribution in [-0.4, -0.2) is 30.7 Å². The minimum atomic E-state index is -0.379. The van der Waals surface area contributed by atoms with Gasteiger partial charge < -0.3 is 4.90 Å². The van der Waals surface area contributed by atoms with Crippen LogP contribution in [0, 0.1) is 11.3 Å². The summed E-state index contributed by atoms with van der Waals surface area (Å²) in [7, 11) is 2.12. The number of piperidine rings is 1. The van der Waals surface area contributed by atoms with Gasteiger partial charge in [0, 0.05) is 11.1 Å². The molecule has 144 valence electrons. The van der Waals surface area contributed by atoms with E-state index in [2.05, 4.69) is 54.4 Å². The molecule has 3 aromatic rings. The van der Waals surface area contributed by atoms with Gasteiger partial charge in [0.15, 0.2) is 0 Å². The Morgan fingerprint density at radius 2 is 1.34 bits per heavy atom. The number of hydrogen-bond acceptors (Lipinski definition) is 3. The third-order valence-electron chi connectivity index (χ3n) is 5.81. The van der Waals surface area contributed by atoms with E-state index in [0.29, 0.717) is 0 Å². The molecule has 1 heterocycles. The summed E-state index contributed by atoms with van der Waals surface area (Å²) in [5, 5.41) is 9.90. The Bertz CT molecular complexity index is 966. The molecule has 1 aliphatic heterocycles. The summed E-state index contributed by atoms with van der Waals surface area (Å²) in [6, 6.07) is 31.4. The lowest BCUT2D eigenvalue weighted by Gasteiger charge is -2.35. The number of nitrogens with zero attached hydrogens (tertiary/aromatic N) is 3. The maximum Gasteiger partial charge on any atom is 0.0846 e. The van der Waals surface area contributed by atoms with Crippen molar-refractivity contribution in [2.75, 3.05) is 20.1 Å². The third kappa shape index (κ3) is 4.13. The smallest absolute Gasteiger partial charge is 0.0846 e. The van der Waals surface area contributed by atoms with Crippen LogP contribution in [0.25, 0.3) is 0 Å². The van der Waals surface area contributed by atoms with E-state index in [1.807, 2.05) is 48.5 Å². The predicted molar refractivity (Wildman–Crippen MR) is 119 cm³/mol. The molecule has 0 aliphatic carbocycles. The van der Waals surface area contributed by atoms with Crippen molar-refractivity contribution in [1.82, 2.24) is 4.90 Å². The van der Waals surface area contributed by atoms with E-state index in [4.69, 9.17) is 4.99 Å². The van der Waals surface area contributed by atoms with Gasteiger partial charge in [0.25, 0.3) is 0 Å². The Hall–Kier alpha value is -3.22. The number of rotatable bonds is 4. The largest absolute Gasteiger partial charge is 0.306 e. The van der Waals surface area contributed by atoms with Gasteiger partial charge in [0.05, 0.1) is 22.9 Å². The molecule has 0 aromatic heterocycles. The summed E-state index contributed by atoms with van der Waals surface area (Å²) in [4.78, 5) is 7.26. The molecule has 0 atom stereocenters. The Morgan fingerprint density at radius 3 is 1.83 bits per heavy atom. The second-order valence-electron chi connectivity index (χ2n) is 7.74. The number of nitriles is 1. The molecular weight excluding hydrogens is 354 g/mol. The van der Waals surface area contributed by atoms with E-state index in [1.54, 1.807) is 0 Å². The van der Waals surface area contributed by atoms with E-state index in [0.717, 1.165) is 54.0 Å². The summed E-state index contributed by atoms with van der Waals surface area (Å²) in [5.74, 6) is 0. The van der Waals surface area contributed by atoms with Crippen molar-refractivity contribution in [3.8, 4) is 6.07 Å². The molecule has 1 aliphatic rings. The molecule has 0 saturated carbocycles. The zero-order valence-electron chi connectivity index (χ0n) is 16.8. The molecule has 3 nitrogen and oxygen atoms in total. The summed E-state index contributed by atoms with van der Waals surface area (Å²) in [5.41, 5.74) is 4.76. The highest BCUT2D eigenvalue weighted by Gasteiger charge is 2.35. The third-order valence-corrected chi connectivity index (χ3v) is 5.81. The summed E-state index contributed by atoms with van der Waals surface area (Å²) in [6.07, 6.45) is 1.75. The number of aliphatic imine (C=N–C) groups is 1. The van der Waals surface area contributed by atoms with Gasteiger partial charge in [-0.05, 0) is 50.7 Å². The summed E-state index contributed by atoms with van der Waals surface area (Å²) < 4.78 is 0. The van der Waals surface area contributed by atoms with Gasteiger partial charge in [-0.25, -0.2) is 4.99 Å². The van der Waals surface area contributed by atoms with Gasteiger partial charge >= 0.3 is 0 Å². The van der Waals surface area contributed by atoms with E-state index < -0.39 is 0 Å². The molecule has 0 unspecified atom stereocenters. The van der Waals surface area contributed by atoms with Crippen molar-refractivity contribution in [2.24, 2.45) is 4.99 Å². The average molecular weight is 380 g/mol. The van der Waals surface area contributed by atoms with Crippen molar-refractivity contribution < 1.29 is 0 Å². The summed E-state index contributed by atoms with van der Waals surface area (Å²) >= 11 is 0. The van der Waals surface area contributed by atoms with Crippen LogP contribution in [-0.2, 0) is 5.41 Å². The normalized spacial score (nSPS) is 16.0. The molecule has 0 spiro atoms. The molecule has 0 amide bonds. The second-order valence-corrected chi connectivity index (χ2v) is 7.74. The molecule has 0 radical (unpaired) electrons. The van der Waals surface area contributed by atoms with Gasteiger partial charge in [-0.3, -0.25) is 0 Å². The first kappa shape index (κ1) is 19.1. The summed E-state index contributed by atoms with van der Waals surface area (Å²) in [6.45, 7) is 1.92. The van der Waals surface area contributed by atoms with E-state index >= 15 is 0 Å². The highest BCUT2D eigenvalue weighted by atomic mass is 15.1. The zero-order valence-corrected chi connectivity index (χ0v) is 16.8. The fourth-order valence-corrected chi connectivity index (χ4v) is 3.94. The predicted octanol–water partition coefficient (Wildman–Crippen LogP) is 5.34. The van der Waals surface area contributed by atoms with Gasteiger partial charge in [0.2, 0.25) is 0 Å². The Kier molecular flexibility index (Phi) is 5.55.